The molecule has 0 spiro atoms. The fourth-order valence-electron chi connectivity index (χ4n) is 0.954. The Morgan fingerprint density at radius 1 is 1.67 bits per heavy atom. The highest BCUT2D eigenvalue weighted by atomic mass is 127. The summed E-state index contributed by atoms with van der Waals surface area (Å²) < 4.78 is 1.14. The summed E-state index contributed by atoms with van der Waals surface area (Å²) in [5.41, 5.74) is 0.760. The number of carbonyl (C=O) groups excluding carboxylic acids is 1. The minimum absolute atomic E-state index is 0.0165. The van der Waals surface area contributed by atoms with E-state index in [-0.39, 0.29) is 5.91 Å². The Morgan fingerprint density at radius 2 is 2.33 bits per heavy atom. The maximum Gasteiger partial charge on any atom is 0.252 e. The van der Waals surface area contributed by atoms with Gasteiger partial charge in [0.2, 0.25) is 0 Å². The Kier molecular flexibility index (Phi) is 5.01. The van der Waals surface area contributed by atoms with Gasteiger partial charge in [-0.25, -0.2) is 0 Å². The van der Waals surface area contributed by atoms with Crippen LogP contribution in [-0.2, 0) is 0 Å². The van der Waals surface area contributed by atoms with Crippen LogP contribution in [0.1, 0.15) is 17.3 Å². The lowest BCUT2D eigenvalue weighted by molar-refractivity contribution is 0.0944. The molecule has 0 aliphatic carbocycles. The van der Waals surface area contributed by atoms with Crippen LogP contribution in [0, 0.1) is 2.88 Å². The minimum atomic E-state index is 0.0165. The van der Waals surface area contributed by atoms with Crippen LogP contribution in [0.3, 0.4) is 0 Å². The number of nitrogens with zero attached hydrogens (tertiary/aromatic N) is 1. The van der Waals surface area contributed by atoms with Crippen LogP contribution in [0.15, 0.2) is 11.4 Å². The van der Waals surface area contributed by atoms with Crippen LogP contribution >= 0.6 is 33.9 Å². The van der Waals surface area contributed by atoms with Gasteiger partial charge in [-0.05, 0) is 49.7 Å². The van der Waals surface area contributed by atoms with Gasteiger partial charge in [0.25, 0.3) is 5.91 Å². The summed E-state index contributed by atoms with van der Waals surface area (Å²) in [5, 5.41) is 4.80. The van der Waals surface area contributed by atoms with Gasteiger partial charge in [0.05, 0.1) is 8.45 Å². The third-order valence-corrected chi connectivity index (χ3v) is 4.06. The van der Waals surface area contributed by atoms with Crippen molar-refractivity contribution >= 4 is 39.8 Å². The lowest BCUT2D eigenvalue weighted by Crippen LogP contribution is -2.38. The van der Waals surface area contributed by atoms with Gasteiger partial charge in [-0.1, -0.05) is 0 Å². The van der Waals surface area contributed by atoms with Crippen LogP contribution in [0.2, 0.25) is 0 Å². The smallest absolute Gasteiger partial charge is 0.252 e. The molecule has 0 saturated heterocycles. The molecule has 0 fully saturated rings. The number of likely N-dealkylation sites (N-methyl/N-ethyl adjacent to an activating group) is 1. The molecule has 0 aliphatic rings. The number of halogens is 1. The van der Waals surface area contributed by atoms with Gasteiger partial charge < -0.3 is 10.2 Å². The zero-order valence-corrected chi connectivity index (χ0v) is 12.1. The topological polar surface area (TPSA) is 32.3 Å². The van der Waals surface area contributed by atoms with Gasteiger partial charge >= 0.3 is 0 Å². The van der Waals surface area contributed by atoms with Crippen LogP contribution in [0.5, 0.6) is 0 Å². The van der Waals surface area contributed by atoms with Crippen LogP contribution in [-0.4, -0.2) is 37.5 Å². The fraction of sp³-hybridized carbons (Fsp3) is 0.500. The van der Waals surface area contributed by atoms with Gasteiger partial charge in [-0.2, -0.15) is 0 Å². The molecule has 0 radical (unpaired) electrons. The van der Waals surface area contributed by atoms with E-state index in [1.54, 1.807) is 11.3 Å². The quantitative estimate of drug-likeness (QED) is 0.852. The number of thiophene rings is 1. The Bertz CT molecular complexity index is 338. The minimum Gasteiger partial charge on any atom is -0.350 e. The van der Waals surface area contributed by atoms with Crippen molar-refractivity contribution in [3.05, 3.63) is 19.9 Å². The standard InChI is InChI=1S/C10H15IN2OS/c1-7(13(2)3)5-12-10(14)8-4-9(11)15-6-8/h4,6-7H,5H2,1-3H3,(H,12,14). The molecule has 0 bridgehead atoms. The summed E-state index contributed by atoms with van der Waals surface area (Å²) in [7, 11) is 4.01. The highest BCUT2D eigenvalue weighted by molar-refractivity contribution is 14.1. The van der Waals surface area contributed by atoms with E-state index in [0.717, 1.165) is 8.45 Å². The Labute approximate surface area is 108 Å². The molecule has 0 aliphatic heterocycles. The number of rotatable bonds is 4. The number of carbonyl (C=O) groups is 1. The second-order valence-electron chi connectivity index (χ2n) is 3.66. The zero-order valence-electron chi connectivity index (χ0n) is 9.08. The first-order chi connectivity index (χ1) is 7.00. The molecule has 1 aromatic rings. The number of amides is 1. The lowest BCUT2D eigenvalue weighted by atomic mass is 10.3. The monoisotopic (exact) mass is 338 g/mol. The van der Waals surface area contributed by atoms with E-state index in [1.165, 1.54) is 0 Å². The summed E-state index contributed by atoms with van der Waals surface area (Å²) >= 11 is 3.81. The van der Waals surface area contributed by atoms with Crippen molar-refractivity contribution in [3.63, 3.8) is 0 Å². The van der Waals surface area contributed by atoms with E-state index in [2.05, 4.69) is 39.7 Å². The van der Waals surface area contributed by atoms with E-state index >= 15 is 0 Å². The Balaban J connectivity index is 2.43. The molecule has 15 heavy (non-hydrogen) atoms. The Morgan fingerprint density at radius 3 is 2.80 bits per heavy atom. The average Bonchev–Trinajstić information content (AvgIpc) is 2.60. The van der Waals surface area contributed by atoms with E-state index < -0.39 is 0 Å². The summed E-state index contributed by atoms with van der Waals surface area (Å²) in [6, 6.07) is 2.26. The molecule has 1 heterocycles. The molecule has 1 aromatic heterocycles. The van der Waals surface area contributed by atoms with Crippen LogP contribution in [0.25, 0.3) is 0 Å². The van der Waals surface area contributed by atoms with Gasteiger partial charge in [0.15, 0.2) is 0 Å². The summed E-state index contributed by atoms with van der Waals surface area (Å²) in [6.07, 6.45) is 0. The van der Waals surface area contributed by atoms with Crippen molar-refractivity contribution in [1.82, 2.24) is 10.2 Å². The highest BCUT2D eigenvalue weighted by Gasteiger charge is 2.10. The van der Waals surface area contributed by atoms with E-state index in [4.69, 9.17) is 0 Å². The van der Waals surface area contributed by atoms with Crippen molar-refractivity contribution in [2.24, 2.45) is 0 Å². The summed E-state index contributed by atoms with van der Waals surface area (Å²) in [5.74, 6) is 0.0165. The van der Waals surface area contributed by atoms with Crippen LogP contribution in [0.4, 0.5) is 0 Å². The fourth-order valence-corrected chi connectivity index (χ4v) is 2.28. The molecule has 1 atom stereocenters. The predicted octanol–water partition coefficient (Wildman–Crippen LogP) is 2.03. The number of nitrogens with one attached hydrogen (secondary N) is 1. The molecule has 1 amide bonds. The third kappa shape index (κ3) is 4.08. The maximum atomic E-state index is 11.7. The molecular weight excluding hydrogens is 323 g/mol. The molecule has 84 valence electrons. The van der Waals surface area contributed by atoms with Gasteiger partial charge in [-0.15, -0.1) is 11.3 Å². The second kappa shape index (κ2) is 5.81. The number of hydrogen-bond acceptors (Lipinski definition) is 3. The average molecular weight is 338 g/mol. The Hall–Kier alpha value is -0.140. The van der Waals surface area contributed by atoms with E-state index in [9.17, 15) is 4.79 Å². The first-order valence-electron chi connectivity index (χ1n) is 4.69. The zero-order chi connectivity index (χ0) is 11.4. The van der Waals surface area contributed by atoms with Crippen molar-refractivity contribution in [3.8, 4) is 0 Å². The lowest BCUT2D eigenvalue weighted by Gasteiger charge is -2.19. The van der Waals surface area contributed by atoms with Gasteiger partial charge in [0, 0.05) is 18.0 Å². The third-order valence-electron chi connectivity index (χ3n) is 2.27. The summed E-state index contributed by atoms with van der Waals surface area (Å²) in [6.45, 7) is 2.76. The molecule has 0 saturated carbocycles. The molecule has 1 N–H and O–H groups in total. The van der Waals surface area contributed by atoms with Crippen LogP contribution < -0.4 is 5.32 Å². The van der Waals surface area contributed by atoms with Crippen molar-refractivity contribution in [2.75, 3.05) is 20.6 Å². The first-order valence-corrected chi connectivity index (χ1v) is 6.65. The second-order valence-corrected chi connectivity index (χ2v) is 6.47. The molecule has 1 rings (SSSR count). The number of hydrogen-bond donors (Lipinski definition) is 1. The van der Waals surface area contributed by atoms with E-state index in [1.807, 2.05) is 25.5 Å². The normalized spacial score (nSPS) is 12.9. The van der Waals surface area contributed by atoms with Gasteiger partial charge in [-0.3, -0.25) is 4.79 Å². The van der Waals surface area contributed by atoms with Crippen molar-refractivity contribution < 1.29 is 4.79 Å². The van der Waals surface area contributed by atoms with Crippen molar-refractivity contribution in [1.29, 1.82) is 0 Å². The highest BCUT2D eigenvalue weighted by Crippen LogP contribution is 2.16. The maximum absolute atomic E-state index is 11.7. The first kappa shape index (κ1) is 12.9. The van der Waals surface area contributed by atoms with Crippen molar-refractivity contribution in [2.45, 2.75) is 13.0 Å². The SMILES string of the molecule is CC(CNC(=O)c1csc(I)c1)N(C)C. The summed E-state index contributed by atoms with van der Waals surface area (Å²) in [4.78, 5) is 13.7. The molecular formula is C10H15IN2OS. The molecule has 1 unspecified atom stereocenters. The largest absolute Gasteiger partial charge is 0.350 e. The molecule has 5 heteroatoms. The molecule has 3 nitrogen and oxygen atoms in total. The predicted molar refractivity (Wildman–Crippen MR) is 72.5 cm³/mol. The van der Waals surface area contributed by atoms with Gasteiger partial charge in [0.1, 0.15) is 0 Å². The van der Waals surface area contributed by atoms with E-state index in [0.29, 0.717) is 12.6 Å². The molecule has 0 aromatic carbocycles.